The monoisotopic (exact) mass is 262 g/mol. The number of aliphatic hydroxyl groups excluding tert-OH is 1. The second-order valence-electron chi connectivity index (χ2n) is 2.13. The first kappa shape index (κ1) is 8.67. The van der Waals surface area contributed by atoms with Crippen LogP contribution in [0.5, 0.6) is 0 Å². The van der Waals surface area contributed by atoms with Crippen LogP contribution in [0.15, 0.2) is 24.3 Å². The van der Waals surface area contributed by atoms with Crippen molar-refractivity contribution in [1.29, 1.82) is 0 Å². The van der Waals surface area contributed by atoms with Gasteiger partial charge in [-0.05, 0) is 11.6 Å². The third kappa shape index (κ3) is 2.27. The lowest BCUT2D eigenvalue weighted by molar-refractivity contribution is 0.110. The van der Waals surface area contributed by atoms with Crippen molar-refractivity contribution < 1.29 is 9.90 Å². The van der Waals surface area contributed by atoms with Gasteiger partial charge in [0.05, 0.1) is 6.61 Å². The first-order valence-electron chi connectivity index (χ1n) is 3.13. The Morgan fingerprint density at radius 3 is 2.82 bits per heavy atom. The summed E-state index contributed by atoms with van der Waals surface area (Å²) in [4.78, 5) is 10.8. The van der Waals surface area contributed by atoms with Crippen LogP contribution in [0.1, 0.15) is 15.9 Å². The third-order valence-corrected chi connectivity index (χ3v) is 1.96. The number of carbonyl (C=O) groups excluding carboxylic acids is 1. The van der Waals surface area contributed by atoms with E-state index in [0.29, 0.717) is 5.56 Å². The molecule has 0 saturated carbocycles. The average molecular weight is 262 g/mol. The van der Waals surface area contributed by atoms with Crippen molar-refractivity contribution >= 4 is 26.4 Å². The van der Waals surface area contributed by atoms with Crippen LogP contribution in [0.2, 0.25) is 0 Å². The van der Waals surface area contributed by atoms with Crippen molar-refractivity contribution in [2.45, 2.75) is 6.61 Å². The molecule has 0 fully saturated rings. The fourth-order valence-electron chi connectivity index (χ4n) is 0.792. The molecule has 1 aromatic carbocycles. The number of hydrogen-bond donors (Lipinski definition) is 1. The molecular weight excluding hydrogens is 255 g/mol. The summed E-state index contributed by atoms with van der Waals surface area (Å²) in [6.45, 7) is -0.0161. The minimum Gasteiger partial charge on any atom is -0.392 e. The first-order valence-corrected chi connectivity index (χ1v) is 4.21. The minimum absolute atomic E-state index is 0.00194. The third-order valence-electron chi connectivity index (χ3n) is 1.34. The van der Waals surface area contributed by atoms with Gasteiger partial charge in [0.15, 0.2) is 0 Å². The molecule has 0 bridgehead atoms. The lowest BCUT2D eigenvalue weighted by Crippen LogP contribution is -1.90. The number of aliphatic hydroxyl groups is 1. The molecule has 2 nitrogen and oxygen atoms in total. The minimum atomic E-state index is -0.0161. The Bertz CT molecular complexity index is 271. The molecule has 0 aliphatic rings. The van der Waals surface area contributed by atoms with Gasteiger partial charge in [-0.2, -0.15) is 0 Å². The van der Waals surface area contributed by atoms with Crippen LogP contribution in [0, 0.1) is 0 Å². The summed E-state index contributed by atoms with van der Waals surface area (Å²) in [6.07, 6.45) is 0. The number of rotatable bonds is 2. The van der Waals surface area contributed by atoms with Crippen LogP contribution in [0.25, 0.3) is 0 Å². The Balaban J connectivity index is 3.01. The molecule has 0 atom stereocenters. The van der Waals surface area contributed by atoms with Crippen molar-refractivity contribution in [2.24, 2.45) is 0 Å². The maximum absolute atomic E-state index is 10.8. The zero-order chi connectivity index (χ0) is 8.27. The molecule has 0 spiro atoms. The number of halogens is 1. The Kier molecular flexibility index (Phi) is 3.02. The number of benzene rings is 1. The van der Waals surface area contributed by atoms with Gasteiger partial charge in [0.25, 0.3) is 0 Å². The molecule has 0 aliphatic carbocycles. The average Bonchev–Trinajstić information content (AvgIpc) is 2.05. The fourth-order valence-corrected chi connectivity index (χ4v) is 1.13. The van der Waals surface area contributed by atoms with E-state index in [2.05, 4.69) is 0 Å². The van der Waals surface area contributed by atoms with Gasteiger partial charge in [-0.3, -0.25) is 4.79 Å². The maximum atomic E-state index is 10.8. The van der Waals surface area contributed by atoms with Crippen LogP contribution in [-0.2, 0) is 6.61 Å². The maximum Gasteiger partial charge on any atom is 0.222 e. The van der Waals surface area contributed by atoms with Gasteiger partial charge in [-0.25, -0.2) is 0 Å². The molecular formula is C8H7IO2. The predicted molar refractivity (Wildman–Crippen MR) is 50.7 cm³/mol. The Morgan fingerprint density at radius 1 is 1.55 bits per heavy atom. The molecule has 0 saturated heterocycles. The van der Waals surface area contributed by atoms with E-state index in [9.17, 15) is 4.79 Å². The van der Waals surface area contributed by atoms with Crippen LogP contribution in [-0.4, -0.2) is 8.90 Å². The van der Waals surface area contributed by atoms with E-state index in [1.165, 1.54) is 0 Å². The zero-order valence-electron chi connectivity index (χ0n) is 5.75. The van der Waals surface area contributed by atoms with Gasteiger partial charge in [0.2, 0.25) is 3.79 Å². The Morgan fingerprint density at radius 2 is 2.27 bits per heavy atom. The summed E-state index contributed by atoms with van der Waals surface area (Å²) in [5.74, 6) is 0. The van der Waals surface area contributed by atoms with Crippen LogP contribution in [0.4, 0.5) is 0 Å². The topological polar surface area (TPSA) is 37.3 Å². The van der Waals surface area contributed by atoms with Gasteiger partial charge >= 0.3 is 0 Å². The van der Waals surface area contributed by atoms with Crippen molar-refractivity contribution in [3.05, 3.63) is 35.4 Å². The molecule has 3 heteroatoms. The fraction of sp³-hybridized carbons (Fsp3) is 0.125. The molecule has 1 N–H and O–H groups in total. The largest absolute Gasteiger partial charge is 0.392 e. The van der Waals surface area contributed by atoms with E-state index in [-0.39, 0.29) is 10.4 Å². The molecule has 0 heterocycles. The van der Waals surface area contributed by atoms with Gasteiger partial charge in [-0.1, -0.05) is 18.2 Å². The highest BCUT2D eigenvalue weighted by atomic mass is 127. The van der Waals surface area contributed by atoms with E-state index in [0.717, 1.165) is 5.56 Å². The summed E-state index contributed by atoms with van der Waals surface area (Å²) < 4.78 is -0.00194. The second-order valence-corrected chi connectivity index (χ2v) is 3.11. The van der Waals surface area contributed by atoms with Crippen LogP contribution < -0.4 is 0 Å². The Hall–Kier alpha value is -0.420. The van der Waals surface area contributed by atoms with Gasteiger partial charge < -0.3 is 5.11 Å². The molecule has 0 aliphatic heterocycles. The molecule has 0 unspecified atom stereocenters. The lowest BCUT2D eigenvalue weighted by Gasteiger charge is -1.96. The van der Waals surface area contributed by atoms with E-state index >= 15 is 0 Å². The van der Waals surface area contributed by atoms with E-state index in [1.807, 2.05) is 0 Å². The molecule has 0 aromatic heterocycles. The van der Waals surface area contributed by atoms with E-state index < -0.39 is 0 Å². The molecule has 1 aromatic rings. The first-order chi connectivity index (χ1) is 5.24. The molecule has 1 rings (SSSR count). The summed E-state index contributed by atoms with van der Waals surface area (Å²) >= 11 is 1.72. The zero-order valence-corrected chi connectivity index (χ0v) is 7.91. The van der Waals surface area contributed by atoms with Crippen molar-refractivity contribution in [2.75, 3.05) is 0 Å². The van der Waals surface area contributed by atoms with Crippen molar-refractivity contribution in [3.63, 3.8) is 0 Å². The lowest BCUT2D eigenvalue weighted by atomic mass is 10.1. The SMILES string of the molecule is O=C(I)c1cccc(CO)c1. The Labute approximate surface area is 78.4 Å². The summed E-state index contributed by atoms with van der Waals surface area (Å²) in [6, 6.07) is 6.96. The van der Waals surface area contributed by atoms with E-state index in [4.69, 9.17) is 5.11 Å². The second kappa shape index (κ2) is 3.82. The molecule has 0 radical (unpaired) electrons. The summed E-state index contributed by atoms with van der Waals surface area (Å²) in [5, 5.41) is 8.73. The standard InChI is InChI=1S/C8H7IO2/c9-8(11)7-3-1-2-6(4-7)5-10/h1-4,10H,5H2. The number of carbonyl (C=O) groups is 1. The van der Waals surface area contributed by atoms with Crippen molar-refractivity contribution in [1.82, 2.24) is 0 Å². The van der Waals surface area contributed by atoms with E-state index in [1.54, 1.807) is 46.9 Å². The molecule has 11 heavy (non-hydrogen) atoms. The van der Waals surface area contributed by atoms with Gasteiger partial charge in [0, 0.05) is 28.2 Å². The predicted octanol–water partition coefficient (Wildman–Crippen LogP) is 1.75. The van der Waals surface area contributed by atoms with Gasteiger partial charge in [-0.15, -0.1) is 0 Å². The summed E-state index contributed by atoms with van der Waals surface area (Å²) in [7, 11) is 0. The highest BCUT2D eigenvalue weighted by Crippen LogP contribution is 2.08. The highest BCUT2D eigenvalue weighted by molar-refractivity contribution is 14.1. The highest BCUT2D eigenvalue weighted by Gasteiger charge is 1.99. The molecule has 58 valence electrons. The van der Waals surface area contributed by atoms with Crippen LogP contribution in [0.3, 0.4) is 0 Å². The normalized spacial score (nSPS) is 9.64. The summed E-state index contributed by atoms with van der Waals surface area (Å²) in [5.41, 5.74) is 1.41. The smallest absolute Gasteiger partial charge is 0.222 e. The van der Waals surface area contributed by atoms with Crippen LogP contribution >= 0.6 is 22.6 Å². The van der Waals surface area contributed by atoms with Gasteiger partial charge in [0.1, 0.15) is 0 Å². The quantitative estimate of drug-likeness (QED) is 0.651. The molecule has 0 amide bonds. The number of hydrogen-bond acceptors (Lipinski definition) is 2. The van der Waals surface area contributed by atoms with Crippen molar-refractivity contribution in [3.8, 4) is 0 Å².